The van der Waals surface area contributed by atoms with Crippen molar-refractivity contribution in [3.05, 3.63) is 42.0 Å². The van der Waals surface area contributed by atoms with Crippen LogP contribution in [0.15, 0.2) is 36.4 Å². The Morgan fingerprint density at radius 1 is 1.10 bits per heavy atom. The minimum absolute atomic E-state index is 0.0223. The molecule has 0 saturated heterocycles. The number of carbonyl (C=O) groups excluding carboxylic acids is 2. The van der Waals surface area contributed by atoms with Gasteiger partial charge in [0, 0.05) is 25.6 Å². The van der Waals surface area contributed by atoms with Gasteiger partial charge in [0.1, 0.15) is 0 Å². The predicted octanol–water partition coefficient (Wildman–Crippen LogP) is 1.98. The third-order valence-electron chi connectivity index (χ3n) is 2.57. The molecule has 0 spiro atoms. The zero-order chi connectivity index (χ0) is 14.8. The van der Waals surface area contributed by atoms with Gasteiger partial charge in [0.05, 0.1) is 0 Å². The first-order valence-corrected chi connectivity index (χ1v) is 6.85. The van der Waals surface area contributed by atoms with Crippen LogP contribution < -0.4 is 10.6 Å². The topological polar surface area (TPSA) is 58.2 Å². The molecule has 0 aliphatic carbocycles. The van der Waals surface area contributed by atoms with E-state index in [1.807, 2.05) is 44.2 Å². The highest BCUT2D eigenvalue weighted by molar-refractivity contribution is 5.91. The van der Waals surface area contributed by atoms with Crippen molar-refractivity contribution >= 4 is 17.9 Å². The number of rotatable bonds is 7. The summed E-state index contributed by atoms with van der Waals surface area (Å²) in [6, 6.07) is 9.62. The highest BCUT2D eigenvalue weighted by Gasteiger charge is 2.03. The standard InChI is InChI=1S/C16H22N2O2/c1-13(2)12-16(20)18-11-10-17-15(19)9-8-14-6-4-3-5-7-14/h3-9,13H,10-12H2,1-2H3,(H,17,19)(H,18,20)/b9-8+. The van der Waals surface area contributed by atoms with E-state index in [1.54, 1.807) is 6.08 Å². The maximum absolute atomic E-state index is 11.5. The molecular formula is C16H22N2O2. The van der Waals surface area contributed by atoms with Crippen LogP contribution in [-0.2, 0) is 9.59 Å². The first-order valence-electron chi connectivity index (χ1n) is 6.85. The van der Waals surface area contributed by atoms with Crippen molar-refractivity contribution in [1.29, 1.82) is 0 Å². The molecule has 0 bridgehead atoms. The second-order valence-corrected chi connectivity index (χ2v) is 4.98. The fraction of sp³-hybridized carbons (Fsp3) is 0.375. The van der Waals surface area contributed by atoms with Gasteiger partial charge in [-0.05, 0) is 17.6 Å². The van der Waals surface area contributed by atoms with E-state index in [2.05, 4.69) is 10.6 Å². The normalized spacial score (nSPS) is 10.8. The summed E-state index contributed by atoms with van der Waals surface area (Å²) in [6.07, 6.45) is 3.76. The van der Waals surface area contributed by atoms with Crippen LogP contribution in [0.25, 0.3) is 6.08 Å². The molecule has 108 valence electrons. The van der Waals surface area contributed by atoms with E-state index in [4.69, 9.17) is 0 Å². The Labute approximate surface area is 120 Å². The zero-order valence-electron chi connectivity index (χ0n) is 12.1. The van der Waals surface area contributed by atoms with Crippen LogP contribution in [0, 0.1) is 5.92 Å². The van der Waals surface area contributed by atoms with Gasteiger partial charge in [0.15, 0.2) is 0 Å². The maximum Gasteiger partial charge on any atom is 0.244 e. The molecule has 0 radical (unpaired) electrons. The van der Waals surface area contributed by atoms with Crippen LogP contribution >= 0.6 is 0 Å². The summed E-state index contributed by atoms with van der Waals surface area (Å²) in [6.45, 7) is 4.88. The lowest BCUT2D eigenvalue weighted by Crippen LogP contribution is -2.34. The van der Waals surface area contributed by atoms with Gasteiger partial charge >= 0.3 is 0 Å². The Bertz CT molecular complexity index is 453. The SMILES string of the molecule is CC(C)CC(=O)NCCNC(=O)/C=C/c1ccccc1. The lowest BCUT2D eigenvalue weighted by Gasteiger charge is -2.07. The molecule has 0 heterocycles. The quantitative estimate of drug-likeness (QED) is 0.590. The van der Waals surface area contributed by atoms with E-state index < -0.39 is 0 Å². The molecule has 0 aliphatic heterocycles. The zero-order valence-corrected chi connectivity index (χ0v) is 12.1. The molecule has 0 aromatic heterocycles. The molecule has 4 nitrogen and oxygen atoms in total. The molecule has 0 unspecified atom stereocenters. The number of carbonyl (C=O) groups is 2. The molecule has 1 aromatic rings. The molecule has 20 heavy (non-hydrogen) atoms. The second kappa shape index (κ2) is 8.91. The lowest BCUT2D eigenvalue weighted by molar-refractivity contribution is -0.122. The average molecular weight is 274 g/mol. The fourth-order valence-corrected chi connectivity index (χ4v) is 1.63. The highest BCUT2D eigenvalue weighted by atomic mass is 16.2. The first-order chi connectivity index (χ1) is 9.58. The molecule has 0 aliphatic rings. The summed E-state index contributed by atoms with van der Waals surface area (Å²) in [5, 5.41) is 5.49. The van der Waals surface area contributed by atoms with Gasteiger partial charge in [0.2, 0.25) is 11.8 Å². The summed E-state index contributed by atoms with van der Waals surface area (Å²) < 4.78 is 0. The third kappa shape index (κ3) is 7.36. The number of hydrogen-bond acceptors (Lipinski definition) is 2. The van der Waals surface area contributed by atoms with E-state index in [0.717, 1.165) is 5.56 Å². The van der Waals surface area contributed by atoms with E-state index in [0.29, 0.717) is 25.4 Å². The Morgan fingerprint density at radius 3 is 2.40 bits per heavy atom. The molecule has 4 heteroatoms. The molecule has 1 rings (SSSR count). The van der Waals surface area contributed by atoms with Crippen molar-refractivity contribution in [2.24, 2.45) is 5.92 Å². The third-order valence-corrected chi connectivity index (χ3v) is 2.57. The smallest absolute Gasteiger partial charge is 0.244 e. The van der Waals surface area contributed by atoms with Gasteiger partial charge in [-0.2, -0.15) is 0 Å². The molecule has 0 fully saturated rings. The van der Waals surface area contributed by atoms with Gasteiger partial charge in [-0.25, -0.2) is 0 Å². The molecule has 0 atom stereocenters. The largest absolute Gasteiger partial charge is 0.354 e. The fourth-order valence-electron chi connectivity index (χ4n) is 1.63. The van der Waals surface area contributed by atoms with E-state index in [9.17, 15) is 9.59 Å². The Hall–Kier alpha value is -2.10. The van der Waals surface area contributed by atoms with E-state index >= 15 is 0 Å². The Balaban J connectivity index is 2.18. The van der Waals surface area contributed by atoms with Crippen molar-refractivity contribution in [2.75, 3.05) is 13.1 Å². The number of benzene rings is 1. The van der Waals surface area contributed by atoms with Gasteiger partial charge in [-0.1, -0.05) is 44.2 Å². The first kappa shape index (κ1) is 16.0. The molecule has 2 N–H and O–H groups in total. The van der Waals surface area contributed by atoms with Crippen molar-refractivity contribution in [1.82, 2.24) is 10.6 Å². The number of amides is 2. The minimum atomic E-state index is -0.160. The molecule has 1 aromatic carbocycles. The number of nitrogens with one attached hydrogen (secondary N) is 2. The summed E-state index contributed by atoms with van der Waals surface area (Å²) in [7, 11) is 0. The summed E-state index contributed by atoms with van der Waals surface area (Å²) >= 11 is 0. The van der Waals surface area contributed by atoms with Crippen LogP contribution in [0.1, 0.15) is 25.8 Å². The maximum atomic E-state index is 11.5. The van der Waals surface area contributed by atoms with Crippen molar-refractivity contribution in [3.63, 3.8) is 0 Å². The monoisotopic (exact) mass is 274 g/mol. The highest BCUT2D eigenvalue weighted by Crippen LogP contribution is 2.00. The van der Waals surface area contributed by atoms with E-state index in [1.165, 1.54) is 6.08 Å². The molecular weight excluding hydrogens is 252 g/mol. The van der Waals surface area contributed by atoms with Gasteiger partial charge in [0.25, 0.3) is 0 Å². The van der Waals surface area contributed by atoms with Gasteiger partial charge in [-0.3, -0.25) is 9.59 Å². The van der Waals surface area contributed by atoms with Crippen LogP contribution in [0.5, 0.6) is 0 Å². The van der Waals surface area contributed by atoms with Crippen molar-refractivity contribution in [3.8, 4) is 0 Å². The molecule has 0 saturated carbocycles. The predicted molar refractivity (Wildman–Crippen MR) is 81.0 cm³/mol. The van der Waals surface area contributed by atoms with Crippen molar-refractivity contribution in [2.45, 2.75) is 20.3 Å². The Kier molecular flexibility index (Phi) is 7.11. The van der Waals surface area contributed by atoms with Crippen molar-refractivity contribution < 1.29 is 9.59 Å². The van der Waals surface area contributed by atoms with E-state index in [-0.39, 0.29) is 11.8 Å². The van der Waals surface area contributed by atoms with Gasteiger partial charge in [-0.15, -0.1) is 0 Å². The second-order valence-electron chi connectivity index (χ2n) is 4.98. The summed E-state index contributed by atoms with van der Waals surface area (Å²) in [5.41, 5.74) is 0.980. The summed E-state index contributed by atoms with van der Waals surface area (Å²) in [5.74, 6) is 0.208. The van der Waals surface area contributed by atoms with Crippen LogP contribution in [0.2, 0.25) is 0 Å². The minimum Gasteiger partial charge on any atom is -0.354 e. The van der Waals surface area contributed by atoms with Crippen LogP contribution in [-0.4, -0.2) is 24.9 Å². The van der Waals surface area contributed by atoms with Crippen LogP contribution in [0.4, 0.5) is 0 Å². The molecule has 2 amide bonds. The number of hydrogen-bond donors (Lipinski definition) is 2. The Morgan fingerprint density at radius 2 is 1.75 bits per heavy atom. The van der Waals surface area contributed by atoms with Gasteiger partial charge < -0.3 is 10.6 Å². The van der Waals surface area contributed by atoms with Crippen LogP contribution in [0.3, 0.4) is 0 Å². The average Bonchev–Trinajstić information content (AvgIpc) is 2.42. The lowest BCUT2D eigenvalue weighted by atomic mass is 10.1. The summed E-state index contributed by atoms with van der Waals surface area (Å²) in [4.78, 5) is 22.9.